The molecule has 0 radical (unpaired) electrons. The number of hydrogen-bond donors (Lipinski definition) is 1. The van der Waals surface area contributed by atoms with Crippen molar-refractivity contribution < 1.29 is 5.11 Å². The minimum absolute atomic E-state index is 0.518. The molecule has 0 spiro atoms. The number of benzene rings is 1. The number of aromatic hydroxyl groups is 1. The molecule has 0 aliphatic heterocycles. The monoisotopic (exact) mass is 356 g/mol. The van der Waals surface area contributed by atoms with Gasteiger partial charge in [-0.3, -0.25) is 0 Å². The molecule has 3 rings (SSSR count). The van der Waals surface area contributed by atoms with E-state index in [2.05, 4.69) is 48.6 Å². The molecular weight excluding hydrogens is 335 g/mol. The van der Waals surface area contributed by atoms with Gasteiger partial charge in [-0.05, 0) is 95.2 Å². The highest BCUT2D eigenvalue weighted by Gasteiger charge is 2.34. The van der Waals surface area contributed by atoms with Crippen LogP contribution in [0.5, 0.6) is 5.75 Å². The number of rotatable bonds is 4. The fourth-order valence-electron chi connectivity index (χ4n) is 3.04. The summed E-state index contributed by atoms with van der Waals surface area (Å²) in [5, 5.41) is 10.6. The summed E-state index contributed by atoms with van der Waals surface area (Å²) in [6, 6.07) is 4.37. The summed E-state index contributed by atoms with van der Waals surface area (Å²) >= 11 is 2.39. The van der Waals surface area contributed by atoms with Crippen LogP contribution in [0.4, 0.5) is 0 Å². The van der Waals surface area contributed by atoms with E-state index in [-0.39, 0.29) is 0 Å². The molecule has 2 fully saturated rings. The van der Waals surface area contributed by atoms with Crippen LogP contribution in [0.1, 0.15) is 62.5 Å². The second-order valence-electron chi connectivity index (χ2n) is 6.19. The van der Waals surface area contributed by atoms with Crippen LogP contribution in [0.15, 0.2) is 12.1 Å². The lowest BCUT2D eigenvalue weighted by Gasteiger charge is -2.19. The van der Waals surface area contributed by atoms with Crippen LogP contribution < -0.4 is 0 Å². The van der Waals surface area contributed by atoms with Crippen molar-refractivity contribution in [3.05, 3.63) is 26.8 Å². The van der Waals surface area contributed by atoms with Gasteiger partial charge >= 0.3 is 0 Å². The molecule has 2 unspecified atom stereocenters. The molecule has 0 heterocycles. The topological polar surface area (TPSA) is 20.2 Å². The molecule has 1 nitrogen and oxygen atoms in total. The van der Waals surface area contributed by atoms with Crippen LogP contribution in [-0.4, -0.2) is 5.11 Å². The van der Waals surface area contributed by atoms with Gasteiger partial charge in [0.2, 0.25) is 0 Å². The summed E-state index contributed by atoms with van der Waals surface area (Å²) in [7, 11) is 0. The quantitative estimate of drug-likeness (QED) is 0.751. The Labute approximate surface area is 123 Å². The summed E-state index contributed by atoms with van der Waals surface area (Å²) in [5.41, 5.74) is 2.37. The van der Waals surface area contributed by atoms with Crippen molar-refractivity contribution in [1.82, 2.24) is 0 Å². The third-order valence-corrected chi connectivity index (χ3v) is 5.40. The fourth-order valence-corrected chi connectivity index (χ4v) is 3.71. The van der Waals surface area contributed by atoms with Gasteiger partial charge < -0.3 is 5.11 Å². The highest BCUT2D eigenvalue weighted by Crippen LogP contribution is 2.49. The smallest absolute Gasteiger partial charge is 0.122 e. The van der Waals surface area contributed by atoms with Crippen LogP contribution >= 0.6 is 22.6 Å². The second-order valence-corrected chi connectivity index (χ2v) is 7.43. The third kappa shape index (κ3) is 2.40. The van der Waals surface area contributed by atoms with Gasteiger partial charge in [0.15, 0.2) is 0 Å². The lowest BCUT2D eigenvalue weighted by Crippen LogP contribution is -2.03. The highest BCUT2D eigenvalue weighted by atomic mass is 127. The summed E-state index contributed by atoms with van der Waals surface area (Å²) in [6.07, 6.45) is 5.33. The van der Waals surface area contributed by atoms with E-state index in [1.165, 1.54) is 40.4 Å². The standard InChI is InChI=1S/C16H21IO/c1-9(11-3-4-11)14-7-13(17)8-15(16(14)18)10(2)12-5-6-12/h7-12,18H,3-6H2,1-2H3. The molecular formula is C16H21IO. The number of phenols is 1. The summed E-state index contributed by atoms with van der Waals surface area (Å²) in [6.45, 7) is 4.54. The lowest BCUT2D eigenvalue weighted by molar-refractivity contribution is 0.443. The molecule has 0 aromatic heterocycles. The molecule has 2 aliphatic carbocycles. The van der Waals surface area contributed by atoms with Gasteiger partial charge in [0.25, 0.3) is 0 Å². The van der Waals surface area contributed by atoms with Gasteiger partial charge in [0.05, 0.1) is 0 Å². The summed E-state index contributed by atoms with van der Waals surface area (Å²) in [5.74, 6) is 3.24. The average Bonchev–Trinajstić information content (AvgIpc) is 3.18. The van der Waals surface area contributed by atoms with Crippen molar-refractivity contribution in [3.8, 4) is 5.75 Å². The van der Waals surface area contributed by atoms with Crippen LogP contribution in [0.3, 0.4) is 0 Å². The molecule has 0 amide bonds. The third-order valence-electron chi connectivity index (χ3n) is 4.77. The minimum Gasteiger partial charge on any atom is -0.507 e. The first kappa shape index (κ1) is 12.8. The SMILES string of the molecule is CC(c1cc(I)cc(C(C)C2CC2)c1O)C1CC1. The fraction of sp³-hybridized carbons (Fsp3) is 0.625. The zero-order valence-corrected chi connectivity index (χ0v) is 13.3. The van der Waals surface area contributed by atoms with Crippen molar-refractivity contribution in [2.45, 2.75) is 51.4 Å². The van der Waals surface area contributed by atoms with Crippen molar-refractivity contribution in [2.75, 3.05) is 0 Å². The van der Waals surface area contributed by atoms with E-state index in [1.54, 1.807) is 0 Å². The number of hydrogen-bond acceptors (Lipinski definition) is 1. The highest BCUT2D eigenvalue weighted by molar-refractivity contribution is 14.1. The first-order chi connectivity index (χ1) is 8.58. The molecule has 2 heteroatoms. The Morgan fingerprint density at radius 2 is 1.39 bits per heavy atom. The Morgan fingerprint density at radius 1 is 1.00 bits per heavy atom. The lowest BCUT2D eigenvalue weighted by atomic mass is 9.88. The van der Waals surface area contributed by atoms with Gasteiger partial charge in [0, 0.05) is 3.57 Å². The maximum absolute atomic E-state index is 10.6. The van der Waals surface area contributed by atoms with E-state index >= 15 is 0 Å². The maximum atomic E-state index is 10.6. The molecule has 98 valence electrons. The zero-order valence-electron chi connectivity index (χ0n) is 11.1. The Balaban J connectivity index is 1.97. The van der Waals surface area contributed by atoms with Crippen molar-refractivity contribution in [1.29, 1.82) is 0 Å². The number of phenolic OH excluding ortho intramolecular Hbond substituents is 1. The molecule has 2 aliphatic rings. The molecule has 0 bridgehead atoms. The van der Waals surface area contributed by atoms with Crippen LogP contribution in [0.2, 0.25) is 0 Å². The van der Waals surface area contributed by atoms with E-state index in [0.717, 1.165) is 11.8 Å². The summed E-state index contributed by atoms with van der Waals surface area (Å²) in [4.78, 5) is 0. The van der Waals surface area contributed by atoms with E-state index in [1.807, 2.05) is 0 Å². The Bertz CT molecular complexity index is 421. The molecule has 2 saturated carbocycles. The van der Waals surface area contributed by atoms with E-state index < -0.39 is 0 Å². The van der Waals surface area contributed by atoms with E-state index in [4.69, 9.17) is 0 Å². The number of halogens is 1. The second kappa shape index (κ2) is 4.69. The predicted molar refractivity (Wildman–Crippen MR) is 83.1 cm³/mol. The first-order valence-corrected chi connectivity index (χ1v) is 8.18. The molecule has 0 saturated heterocycles. The van der Waals surface area contributed by atoms with Crippen molar-refractivity contribution >= 4 is 22.6 Å². The van der Waals surface area contributed by atoms with Crippen LogP contribution in [0, 0.1) is 15.4 Å². The van der Waals surface area contributed by atoms with Crippen molar-refractivity contribution in [3.63, 3.8) is 0 Å². The predicted octanol–water partition coefficient (Wildman–Crippen LogP) is 5.02. The van der Waals surface area contributed by atoms with Gasteiger partial charge in [-0.15, -0.1) is 0 Å². The largest absolute Gasteiger partial charge is 0.507 e. The van der Waals surface area contributed by atoms with E-state index in [9.17, 15) is 5.11 Å². The van der Waals surface area contributed by atoms with Gasteiger partial charge in [-0.1, -0.05) is 13.8 Å². The van der Waals surface area contributed by atoms with Crippen molar-refractivity contribution in [2.24, 2.45) is 11.8 Å². The Hall–Kier alpha value is -0.250. The molecule has 2 atom stereocenters. The molecule has 1 N–H and O–H groups in total. The minimum atomic E-state index is 0.518. The summed E-state index contributed by atoms with van der Waals surface area (Å²) < 4.78 is 1.27. The van der Waals surface area contributed by atoms with Crippen LogP contribution in [0.25, 0.3) is 0 Å². The van der Waals surface area contributed by atoms with Gasteiger partial charge in [0.1, 0.15) is 5.75 Å². The van der Waals surface area contributed by atoms with Gasteiger partial charge in [-0.25, -0.2) is 0 Å². The average molecular weight is 356 g/mol. The molecule has 1 aromatic rings. The van der Waals surface area contributed by atoms with E-state index in [0.29, 0.717) is 17.6 Å². The first-order valence-electron chi connectivity index (χ1n) is 7.10. The molecule has 18 heavy (non-hydrogen) atoms. The maximum Gasteiger partial charge on any atom is 0.122 e. The van der Waals surface area contributed by atoms with Crippen LogP contribution in [-0.2, 0) is 0 Å². The normalized spacial score (nSPS) is 22.8. The Kier molecular flexibility index (Phi) is 3.33. The molecule has 1 aromatic carbocycles. The Morgan fingerprint density at radius 3 is 1.72 bits per heavy atom. The zero-order chi connectivity index (χ0) is 12.9. The van der Waals surface area contributed by atoms with Gasteiger partial charge in [-0.2, -0.15) is 0 Å².